The number of carbonyl (C=O) groups excluding carboxylic acids is 2. The van der Waals surface area contributed by atoms with Crippen LogP contribution in [0, 0.1) is 11.8 Å². The van der Waals surface area contributed by atoms with Crippen molar-refractivity contribution in [3.8, 4) is 0 Å². The molecule has 2 saturated heterocycles. The van der Waals surface area contributed by atoms with Crippen molar-refractivity contribution in [3.05, 3.63) is 0 Å². The third kappa shape index (κ3) is 6.28. The summed E-state index contributed by atoms with van der Waals surface area (Å²) in [7, 11) is 0. The highest BCUT2D eigenvalue weighted by Crippen LogP contribution is 2.21. The minimum atomic E-state index is 0.152. The lowest BCUT2D eigenvalue weighted by molar-refractivity contribution is -0.133. The van der Waals surface area contributed by atoms with Crippen LogP contribution in [0.15, 0.2) is 0 Å². The van der Waals surface area contributed by atoms with E-state index in [9.17, 15) is 9.59 Å². The molecule has 0 aromatic rings. The Kier molecular flexibility index (Phi) is 8.20. The van der Waals surface area contributed by atoms with Gasteiger partial charge in [-0.15, -0.1) is 0 Å². The number of nitrogens with one attached hydrogen (secondary N) is 1. The maximum atomic E-state index is 12.3. The lowest BCUT2D eigenvalue weighted by atomic mass is 9.94. The van der Waals surface area contributed by atoms with Crippen LogP contribution < -0.4 is 5.32 Å². The SMILES string of the molecule is CCC1CCN(C(=O)CCCNC(=O)C2CCN(C(C)C)CC2)CC1. The number of rotatable bonds is 7. The summed E-state index contributed by atoms with van der Waals surface area (Å²) >= 11 is 0. The molecule has 0 aromatic carbocycles. The Bertz CT molecular complexity index is 423. The first-order valence-corrected chi connectivity index (χ1v) is 10.3. The normalized spacial score (nSPS) is 20.9. The molecule has 2 aliphatic heterocycles. The topological polar surface area (TPSA) is 52.7 Å². The van der Waals surface area contributed by atoms with Crippen LogP contribution in [-0.2, 0) is 9.59 Å². The van der Waals surface area contributed by atoms with Crippen molar-refractivity contribution in [1.29, 1.82) is 0 Å². The molecule has 0 bridgehead atoms. The summed E-state index contributed by atoms with van der Waals surface area (Å²) in [6.45, 7) is 11.1. The van der Waals surface area contributed by atoms with E-state index < -0.39 is 0 Å². The molecule has 2 fully saturated rings. The van der Waals surface area contributed by atoms with Gasteiger partial charge in [0, 0.05) is 38.0 Å². The molecule has 2 aliphatic rings. The van der Waals surface area contributed by atoms with Gasteiger partial charge in [0.2, 0.25) is 11.8 Å². The van der Waals surface area contributed by atoms with E-state index in [1.54, 1.807) is 0 Å². The molecule has 0 atom stereocenters. The van der Waals surface area contributed by atoms with Gasteiger partial charge < -0.3 is 15.1 Å². The van der Waals surface area contributed by atoms with Gasteiger partial charge in [0.25, 0.3) is 0 Å². The van der Waals surface area contributed by atoms with Gasteiger partial charge in [-0.3, -0.25) is 9.59 Å². The van der Waals surface area contributed by atoms with Crippen LogP contribution in [0.2, 0.25) is 0 Å². The summed E-state index contributed by atoms with van der Waals surface area (Å²) < 4.78 is 0. The zero-order valence-corrected chi connectivity index (χ0v) is 16.4. The van der Waals surface area contributed by atoms with Crippen LogP contribution in [0.4, 0.5) is 0 Å². The van der Waals surface area contributed by atoms with Gasteiger partial charge in [0.1, 0.15) is 0 Å². The molecule has 0 saturated carbocycles. The zero-order chi connectivity index (χ0) is 18.2. The second-order valence-corrected chi connectivity index (χ2v) is 8.03. The average molecular weight is 352 g/mol. The van der Waals surface area contributed by atoms with Crippen LogP contribution in [0.25, 0.3) is 0 Å². The number of amides is 2. The first-order valence-electron chi connectivity index (χ1n) is 10.3. The van der Waals surface area contributed by atoms with Gasteiger partial charge in [-0.25, -0.2) is 0 Å². The number of nitrogens with zero attached hydrogens (tertiary/aromatic N) is 2. The van der Waals surface area contributed by atoms with Gasteiger partial charge in [0.05, 0.1) is 0 Å². The standard InChI is InChI=1S/C20H37N3O2/c1-4-17-7-12-23(13-8-17)19(24)6-5-11-21-20(25)18-9-14-22(15-10-18)16(2)3/h16-18H,4-15H2,1-3H3,(H,21,25). The molecule has 2 rings (SSSR count). The van der Waals surface area contributed by atoms with Crippen LogP contribution in [0.5, 0.6) is 0 Å². The highest BCUT2D eigenvalue weighted by Gasteiger charge is 2.26. The van der Waals surface area contributed by atoms with E-state index in [2.05, 4.69) is 31.0 Å². The van der Waals surface area contributed by atoms with Gasteiger partial charge >= 0.3 is 0 Å². The fourth-order valence-corrected chi connectivity index (χ4v) is 4.02. The quantitative estimate of drug-likeness (QED) is 0.718. The number of carbonyl (C=O) groups is 2. The molecule has 5 heteroatoms. The van der Waals surface area contributed by atoms with E-state index >= 15 is 0 Å². The minimum absolute atomic E-state index is 0.152. The highest BCUT2D eigenvalue weighted by molar-refractivity contribution is 5.79. The monoisotopic (exact) mass is 351 g/mol. The summed E-state index contributed by atoms with van der Waals surface area (Å²) in [5.74, 6) is 1.39. The number of likely N-dealkylation sites (tertiary alicyclic amines) is 2. The number of hydrogen-bond donors (Lipinski definition) is 1. The maximum Gasteiger partial charge on any atom is 0.223 e. The summed E-state index contributed by atoms with van der Waals surface area (Å²) in [5.41, 5.74) is 0. The Hall–Kier alpha value is -1.10. The number of hydrogen-bond acceptors (Lipinski definition) is 3. The molecule has 0 radical (unpaired) electrons. The predicted molar refractivity (Wildman–Crippen MR) is 101 cm³/mol. The molecular formula is C20H37N3O2. The van der Waals surface area contributed by atoms with Crippen molar-refractivity contribution >= 4 is 11.8 Å². The summed E-state index contributed by atoms with van der Waals surface area (Å²) in [6.07, 6.45) is 6.74. The van der Waals surface area contributed by atoms with Gasteiger partial charge in [0.15, 0.2) is 0 Å². The molecule has 0 aromatic heterocycles. The molecule has 2 amide bonds. The molecule has 1 N–H and O–H groups in total. The highest BCUT2D eigenvalue weighted by atomic mass is 16.2. The molecule has 25 heavy (non-hydrogen) atoms. The van der Waals surface area contributed by atoms with E-state index in [1.165, 1.54) is 6.42 Å². The zero-order valence-electron chi connectivity index (χ0n) is 16.4. The Morgan fingerprint density at radius 1 is 1.04 bits per heavy atom. The minimum Gasteiger partial charge on any atom is -0.356 e. The van der Waals surface area contributed by atoms with E-state index in [-0.39, 0.29) is 17.7 Å². The fourth-order valence-electron chi connectivity index (χ4n) is 4.02. The molecule has 0 unspecified atom stereocenters. The molecule has 0 aliphatic carbocycles. The molecule has 2 heterocycles. The van der Waals surface area contributed by atoms with Crippen LogP contribution in [-0.4, -0.2) is 60.4 Å². The van der Waals surface area contributed by atoms with Crippen molar-refractivity contribution in [3.63, 3.8) is 0 Å². The van der Waals surface area contributed by atoms with Crippen molar-refractivity contribution in [2.45, 2.75) is 71.8 Å². The lowest BCUT2D eigenvalue weighted by Gasteiger charge is -2.34. The van der Waals surface area contributed by atoms with Crippen molar-refractivity contribution in [2.75, 3.05) is 32.7 Å². The Labute approximate surface area is 153 Å². The largest absolute Gasteiger partial charge is 0.356 e. The molecule has 0 spiro atoms. The van der Waals surface area contributed by atoms with E-state index in [0.717, 1.165) is 64.2 Å². The average Bonchev–Trinajstić information content (AvgIpc) is 2.65. The number of piperidine rings is 2. The summed E-state index contributed by atoms with van der Waals surface area (Å²) in [5, 5.41) is 3.04. The molecular weight excluding hydrogens is 314 g/mol. The maximum absolute atomic E-state index is 12.3. The van der Waals surface area contributed by atoms with Crippen LogP contribution in [0.3, 0.4) is 0 Å². The van der Waals surface area contributed by atoms with Gasteiger partial charge in [-0.2, -0.15) is 0 Å². The van der Waals surface area contributed by atoms with Crippen molar-refractivity contribution < 1.29 is 9.59 Å². The van der Waals surface area contributed by atoms with E-state index in [1.807, 2.05) is 4.90 Å². The smallest absolute Gasteiger partial charge is 0.223 e. The summed E-state index contributed by atoms with van der Waals surface area (Å²) in [4.78, 5) is 29.0. The predicted octanol–water partition coefficient (Wildman–Crippen LogP) is 2.65. The van der Waals surface area contributed by atoms with E-state index in [0.29, 0.717) is 19.0 Å². The Morgan fingerprint density at radius 3 is 2.24 bits per heavy atom. The Balaban J connectivity index is 1.57. The first kappa shape index (κ1) is 20.2. The van der Waals surface area contributed by atoms with Crippen LogP contribution >= 0.6 is 0 Å². The molecule has 144 valence electrons. The summed E-state index contributed by atoms with van der Waals surface area (Å²) in [6, 6.07) is 0.567. The Morgan fingerprint density at radius 2 is 1.68 bits per heavy atom. The second kappa shape index (κ2) is 10.1. The first-order chi connectivity index (χ1) is 12.0. The van der Waals surface area contributed by atoms with Crippen molar-refractivity contribution in [1.82, 2.24) is 15.1 Å². The van der Waals surface area contributed by atoms with Gasteiger partial charge in [-0.05, 0) is 65.0 Å². The van der Waals surface area contributed by atoms with Crippen molar-refractivity contribution in [2.24, 2.45) is 11.8 Å². The van der Waals surface area contributed by atoms with E-state index in [4.69, 9.17) is 0 Å². The van der Waals surface area contributed by atoms with Crippen LogP contribution in [0.1, 0.15) is 65.7 Å². The second-order valence-electron chi connectivity index (χ2n) is 8.03. The third-order valence-electron chi connectivity index (χ3n) is 6.04. The van der Waals surface area contributed by atoms with Gasteiger partial charge in [-0.1, -0.05) is 13.3 Å². The fraction of sp³-hybridized carbons (Fsp3) is 0.900. The lowest BCUT2D eigenvalue weighted by Crippen LogP contribution is -2.43. The third-order valence-corrected chi connectivity index (χ3v) is 6.04. The molecule has 5 nitrogen and oxygen atoms in total.